The van der Waals surface area contributed by atoms with Crippen LogP contribution >= 0.6 is 11.8 Å². The minimum absolute atomic E-state index is 0.423. The van der Waals surface area contributed by atoms with Crippen molar-refractivity contribution in [3.8, 4) is 0 Å². The topological polar surface area (TPSA) is 56.7 Å². The predicted molar refractivity (Wildman–Crippen MR) is 46.3 cm³/mol. The van der Waals surface area contributed by atoms with E-state index >= 15 is 0 Å². The second kappa shape index (κ2) is 4.35. The van der Waals surface area contributed by atoms with Crippen LogP contribution in [0.15, 0.2) is 6.33 Å². The van der Waals surface area contributed by atoms with E-state index in [-0.39, 0.29) is 0 Å². The number of rotatable bonds is 4. The van der Waals surface area contributed by atoms with Crippen LogP contribution in [-0.4, -0.2) is 26.8 Å². The first-order valence-electron chi connectivity index (χ1n) is 3.44. The van der Waals surface area contributed by atoms with Gasteiger partial charge in [0.15, 0.2) is 5.82 Å². The van der Waals surface area contributed by atoms with Gasteiger partial charge in [0.2, 0.25) is 0 Å². The van der Waals surface area contributed by atoms with Crippen molar-refractivity contribution in [2.75, 3.05) is 12.0 Å². The molecular weight excluding hydrogens is 160 g/mol. The van der Waals surface area contributed by atoms with Gasteiger partial charge in [-0.05, 0) is 6.26 Å². The highest BCUT2D eigenvalue weighted by atomic mass is 32.2. The van der Waals surface area contributed by atoms with E-state index in [0.717, 1.165) is 12.3 Å². The quantitative estimate of drug-likeness (QED) is 0.700. The van der Waals surface area contributed by atoms with Crippen molar-refractivity contribution >= 4 is 11.8 Å². The maximum atomic E-state index is 5.35. The van der Waals surface area contributed by atoms with E-state index in [4.69, 9.17) is 5.73 Å². The van der Waals surface area contributed by atoms with Gasteiger partial charge in [-0.2, -0.15) is 16.9 Å². The van der Waals surface area contributed by atoms with Gasteiger partial charge >= 0.3 is 0 Å². The van der Waals surface area contributed by atoms with Crippen LogP contribution in [0.25, 0.3) is 0 Å². The van der Waals surface area contributed by atoms with E-state index in [2.05, 4.69) is 16.3 Å². The van der Waals surface area contributed by atoms with Crippen molar-refractivity contribution in [2.24, 2.45) is 5.73 Å². The molecule has 0 radical (unpaired) electrons. The molecule has 4 nitrogen and oxygen atoms in total. The molecular formula is C6H12N4S. The summed E-state index contributed by atoms with van der Waals surface area (Å²) < 4.78 is 1.82. The molecule has 0 atom stereocenters. The molecule has 5 heteroatoms. The Morgan fingerprint density at radius 2 is 2.55 bits per heavy atom. The summed E-state index contributed by atoms with van der Waals surface area (Å²) in [7, 11) is 0. The summed E-state index contributed by atoms with van der Waals surface area (Å²) in [5, 5.41) is 4.13. The van der Waals surface area contributed by atoms with Crippen molar-refractivity contribution in [1.29, 1.82) is 0 Å². The molecule has 1 aromatic heterocycles. The molecule has 0 aromatic carbocycles. The highest BCUT2D eigenvalue weighted by molar-refractivity contribution is 7.98. The first-order valence-corrected chi connectivity index (χ1v) is 4.83. The van der Waals surface area contributed by atoms with Crippen LogP contribution in [0.3, 0.4) is 0 Å². The number of aryl methyl sites for hydroxylation is 1. The van der Waals surface area contributed by atoms with Gasteiger partial charge in [0, 0.05) is 5.75 Å². The average Bonchev–Trinajstić information content (AvgIpc) is 2.48. The number of nitrogens with zero attached hydrogens (tertiary/aromatic N) is 3. The van der Waals surface area contributed by atoms with Crippen molar-refractivity contribution in [3.05, 3.63) is 12.2 Å². The second-order valence-corrected chi connectivity index (χ2v) is 3.11. The molecule has 2 N–H and O–H groups in total. The molecule has 0 amide bonds. The van der Waals surface area contributed by atoms with Crippen LogP contribution in [-0.2, 0) is 13.1 Å². The summed E-state index contributed by atoms with van der Waals surface area (Å²) in [5.74, 6) is 1.78. The zero-order valence-corrected chi connectivity index (χ0v) is 7.34. The smallest absolute Gasteiger partial charge is 0.164 e. The normalized spacial score (nSPS) is 10.4. The summed E-state index contributed by atoms with van der Waals surface area (Å²) >= 11 is 1.79. The molecule has 0 saturated heterocycles. The Balaban J connectivity index is 2.44. The van der Waals surface area contributed by atoms with Crippen molar-refractivity contribution in [1.82, 2.24) is 14.8 Å². The first kappa shape index (κ1) is 8.55. The van der Waals surface area contributed by atoms with Gasteiger partial charge in [-0.1, -0.05) is 0 Å². The van der Waals surface area contributed by atoms with E-state index in [1.807, 2.05) is 4.68 Å². The van der Waals surface area contributed by atoms with Gasteiger partial charge in [-0.15, -0.1) is 0 Å². The average molecular weight is 172 g/mol. The molecule has 0 aliphatic rings. The summed E-state index contributed by atoms with van der Waals surface area (Å²) in [6.45, 7) is 1.33. The van der Waals surface area contributed by atoms with Crippen LogP contribution in [0.5, 0.6) is 0 Å². The van der Waals surface area contributed by atoms with Gasteiger partial charge in [-0.3, -0.25) is 4.68 Å². The number of hydrogen-bond donors (Lipinski definition) is 1. The lowest BCUT2D eigenvalue weighted by molar-refractivity contribution is 0.653. The lowest BCUT2D eigenvalue weighted by atomic mass is 10.6. The minimum atomic E-state index is 0.423. The third kappa shape index (κ3) is 2.51. The maximum Gasteiger partial charge on any atom is 0.164 e. The zero-order valence-electron chi connectivity index (χ0n) is 6.53. The number of hydrogen-bond acceptors (Lipinski definition) is 4. The third-order valence-electron chi connectivity index (χ3n) is 1.29. The lowest BCUT2D eigenvalue weighted by Gasteiger charge is -1.95. The molecule has 0 saturated carbocycles. The summed E-state index contributed by atoms with van der Waals surface area (Å²) in [4.78, 5) is 4.01. The monoisotopic (exact) mass is 172 g/mol. The molecule has 1 heterocycles. The largest absolute Gasteiger partial charge is 0.324 e. The summed E-state index contributed by atoms with van der Waals surface area (Å²) in [5.41, 5.74) is 5.35. The molecule has 1 aromatic rings. The lowest BCUT2D eigenvalue weighted by Crippen LogP contribution is -2.03. The van der Waals surface area contributed by atoms with E-state index in [1.165, 1.54) is 0 Å². The Labute approximate surface area is 70.2 Å². The molecule has 0 bridgehead atoms. The molecule has 62 valence electrons. The third-order valence-corrected chi connectivity index (χ3v) is 1.88. The Morgan fingerprint density at radius 1 is 1.73 bits per heavy atom. The Bertz CT molecular complexity index is 210. The second-order valence-electron chi connectivity index (χ2n) is 2.12. The van der Waals surface area contributed by atoms with Crippen LogP contribution in [0.4, 0.5) is 0 Å². The molecule has 1 rings (SSSR count). The first-order chi connectivity index (χ1) is 5.36. The van der Waals surface area contributed by atoms with Crippen molar-refractivity contribution in [2.45, 2.75) is 13.1 Å². The molecule has 0 aliphatic heterocycles. The van der Waals surface area contributed by atoms with Crippen LogP contribution < -0.4 is 5.73 Å². The molecule has 0 spiro atoms. The maximum absolute atomic E-state index is 5.35. The van der Waals surface area contributed by atoms with Crippen molar-refractivity contribution in [3.63, 3.8) is 0 Å². The molecule has 11 heavy (non-hydrogen) atoms. The van der Waals surface area contributed by atoms with Gasteiger partial charge in [0.1, 0.15) is 6.33 Å². The van der Waals surface area contributed by atoms with E-state index in [0.29, 0.717) is 12.4 Å². The highest BCUT2D eigenvalue weighted by Crippen LogP contribution is 1.94. The summed E-state index contributed by atoms with van der Waals surface area (Å²) in [6.07, 6.45) is 3.79. The molecule has 0 unspecified atom stereocenters. The van der Waals surface area contributed by atoms with Crippen LogP contribution in [0.1, 0.15) is 5.82 Å². The Kier molecular flexibility index (Phi) is 3.38. The van der Waals surface area contributed by atoms with E-state index in [9.17, 15) is 0 Å². The number of nitrogens with two attached hydrogens (primary N) is 1. The molecule has 0 fully saturated rings. The fourth-order valence-corrected chi connectivity index (χ4v) is 1.09. The zero-order chi connectivity index (χ0) is 8.10. The van der Waals surface area contributed by atoms with E-state index in [1.54, 1.807) is 18.1 Å². The van der Waals surface area contributed by atoms with Gasteiger partial charge < -0.3 is 5.73 Å². The van der Waals surface area contributed by atoms with Crippen LogP contribution in [0, 0.1) is 0 Å². The van der Waals surface area contributed by atoms with Gasteiger partial charge in [0.05, 0.1) is 13.1 Å². The minimum Gasteiger partial charge on any atom is -0.324 e. The number of thioether (sulfide) groups is 1. The standard InChI is InChI=1S/C6H12N4S/c1-11-3-2-10-5-8-6(4-7)9-10/h5H,2-4,7H2,1H3. The van der Waals surface area contributed by atoms with Gasteiger partial charge in [0.25, 0.3) is 0 Å². The Hall–Kier alpha value is -0.550. The van der Waals surface area contributed by atoms with Crippen LogP contribution in [0.2, 0.25) is 0 Å². The fourth-order valence-electron chi connectivity index (χ4n) is 0.719. The fraction of sp³-hybridized carbons (Fsp3) is 0.667. The molecule has 0 aliphatic carbocycles. The highest BCUT2D eigenvalue weighted by Gasteiger charge is 1.95. The predicted octanol–water partition coefficient (Wildman–Crippen LogP) is 0.0998. The van der Waals surface area contributed by atoms with E-state index < -0.39 is 0 Å². The number of aromatic nitrogens is 3. The van der Waals surface area contributed by atoms with Crippen molar-refractivity contribution < 1.29 is 0 Å². The SMILES string of the molecule is CSCCn1cnc(CN)n1. The Morgan fingerprint density at radius 3 is 3.09 bits per heavy atom. The summed E-state index contributed by atoms with van der Waals surface area (Å²) in [6, 6.07) is 0. The van der Waals surface area contributed by atoms with Gasteiger partial charge in [-0.25, -0.2) is 4.98 Å².